The minimum atomic E-state index is -0.476. The van der Waals surface area contributed by atoms with Gasteiger partial charge in [0.2, 0.25) is 5.91 Å². The largest absolute Gasteiger partial charge is 0.378 e. The summed E-state index contributed by atoms with van der Waals surface area (Å²) < 4.78 is 5.23. The van der Waals surface area contributed by atoms with Crippen LogP contribution in [0.3, 0.4) is 0 Å². The lowest BCUT2D eigenvalue weighted by atomic mass is 9.84. The van der Waals surface area contributed by atoms with Crippen LogP contribution in [0.5, 0.6) is 0 Å². The molecule has 4 heteroatoms. The summed E-state index contributed by atoms with van der Waals surface area (Å²) in [6.07, 6.45) is 5.97. The van der Waals surface area contributed by atoms with Gasteiger partial charge in [0.05, 0.1) is 18.1 Å². The predicted octanol–water partition coefficient (Wildman–Crippen LogP) is 2.39. The average molecular weight is 252 g/mol. The zero-order chi connectivity index (χ0) is 13.6. The molecule has 18 heavy (non-hydrogen) atoms. The number of carbonyl (C=O) groups is 1. The van der Waals surface area contributed by atoms with Gasteiger partial charge in [0.1, 0.15) is 6.04 Å². The second-order valence-electron chi connectivity index (χ2n) is 5.71. The third-order valence-electron chi connectivity index (χ3n) is 3.72. The van der Waals surface area contributed by atoms with Gasteiger partial charge in [-0.2, -0.15) is 5.26 Å². The van der Waals surface area contributed by atoms with E-state index in [2.05, 4.69) is 11.4 Å². The molecule has 0 spiro atoms. The van der Waals surface area contributed by atoms with Crippen LogP contribution in [0.2, 0.25) is 0 Å². The fraction of sp³-hybridized carbons (Fsp3) is 0.857. The standard InChI is InChI=1S/C14H24N2O2/c1-14(2,18-3)9-13(17)16-12(10-15)11-7-5-4-6-8-11/h11-12H,4-9H2,1-3H3,(H,16,17). The van der Waals surface area contributed by atoms with E-state index in [1.54, 1.807) is 7.11 Å². The van der Waals surface area contributed by atoms with Crippen LogP contribution in [0.4, 0.5) is 0 Å². The molecule has 102 valence electrons. The molecular formula is C14H24N2O2. The van der Waals surface area contributed by atoms with Crippen molar-refractivity contribution in [3.05, 3.63) is 0 Å². The van der Waals surface area contributed by atoms with E-state index in [0.717, 1.165) is 12.8 Å². The molecule has 0 aromatic rings. The van der Waals surface area contributed by atoms with Crippen molar-refractivity contribution < 1.29 is 9.53 Å². The molecule has 1 rings (SSSR count). The van der Waals surface area contributed by atoms with E-state index in [0.29, 0.717) is 5.92 Å². The minimum absolute atomic E-state index is 0.0982. The van der Waals surface area contributed by atoms with Gasteiger partial charge in [-0.25, -0.2) is 0 Å². The third kappa shape index (κ3) is 4.66. The van der Waals surface area contributed by atoms with E-state index >= 15 is 0 Å². The van der Waals surface area contributed by atoms with E-state index in [4.69, 9.17) is 4.74 Å². The van der Waals surface area contributed by atoms with Gasteiger partial charge >= 0.3 is 0 Å². The van der Waals surface area contributed by atoms with Crippen LogP contribution < -0.4 is 5.32 Å². The number of carbonyl (C=O) groups excluding carboxylic acids is 1. The van der Waals surface area contributed by atoms with Crippen molar-refractivity contribution in [2.45, 2.75) is 64.0 Å². The summed E-state index contributed by atoms with van der Waals surface area (Å²) in [6.45, 7) is 3.74. The zero-order valence-corrected chi connectivity index (χ0v) is 11.7. The van der Waals surface area contributed by atoms with Crippen LogP contribution in [-0.2, 0) is 9.53 Å². The number of rotatable bonds is 5. The molecule has 1 aliphatic rings. The number of nitriles is 1. The van der Waals surface area contributed by atoms with E-state index in [9.17, 15) is 10.1 Å². The van der Waals surface area contributed by atoms with Gasteiger partial charge in [-0.05, 0) is 32.6 Å². The molecule has 0 aromatic heterocycles. The van der Waals surface area contributed by atoms with Crippen molar-refractivity contribution in [3.8, 4) is 6.07 Å². The Bertz CT molecular complexity index is 314. The number of nitrogens with zero attached hydrogens (tertiary/aromatic N) is 1. The molecule has 1 fully saturated rings. The Morgan fingerprint density at radius 3 is 2.56 bits per heavy atom. The van der Waals surface area contributed by atoms with Crippen molar-refractivity contribution in [1.82, 2.24) is 5.32 Å². The molecule has 0 heterocycles. The Kier molecular flexibility index (Phi) is 5.61. The Hall–Kier alpha value is -1.08. The second kappa shape index (κ2) is 6.75. The lowest BCUT2D eigenvalue weighted by Gasteiger charge is -2.28. The van der Waals surface area contributed by atoms with E-state index in [1.165, 1.54) is 19.3 Å². The summed E-state index contributed by atoms with van der Waals surface area (Å²) in [6, 6.07) is 1.89. The summed E-state index contributed by atoms with van der Waals surface area (Å²) in [5, 5.41) is 12.0. The SMILES string of the molecule is COC(C)(C)CC(=O)NC(C#N)C1CCCCC1. The van der Waals surface area contributed by atoms with Gasteiger partial charge in [-0.15, -0.1) is 0 Å². The van der Waals surface area contributed by atoms with E-state index < -0.39 is 5.60 Å². The highest BCUT2D eigenvalue weighted by Crippen LogP contribution is 2.26. The Morgan fingerprint density at radius 2 is 2.06 bits per heavy atom. The van der Waals surface area contributed by atoms with Crippen molar-refractivity contribution in [3.63, 3.8) is 0 Å². The molecule has 1 saturated carbocycles. The molecular weight excluding hydrogens is 228 g/mol. The molecule has 0 radical (unpaired) electrons. The summed E-state index contributed by atoms with van der Waals surface area (Å²) in [5.41, 5.74) is -0.476. The number of hydrogen-bond acceptors (Lipinski definition) is 3. The van der Waals surface area contributed by atoms with Gasteiger partial charge in [-0.3, -0.25) is 4.79 Å². The summed E-state index contributed by atoms with van der Waals surface area (Å²) in [5.74, 6) is 0.220. The molecule has 0 aromatic carbocycles. The predicted molar refractivity (Wildman–Crippen MR) is 69.8 cm³/mol. The first-order chi connectivity index (χ1) is 8.48. The van der Waals surface area contributed by atoms with Gasteiger partial charge in [0, 0.05) is 7.11 Å². The first-order valence-electron chi connectivity index (χ1n) is 6.72. The molecule has 1 amide bonds. The third-order valence-corrected chi connectivity index (χ3v) is 3.72. The lowest BCUT2D eigenvalue weighted by Crippen LogP contribution is -2.43. The van der Waals surface area contributed by atoms with E-state index in [-0.39, 0.29) is 18.4 Å². The summed E-state index contributed by atoms with van der Waals surface area (Å²) >= 11 is 0. The van der Waals surface area contributed by atoms with Crippen molar-refractivity contribution in [2.24, 2.45) is 5.92 Å². The smallest absolute Gasteiger partial charge is 0.223 e. The average Bonchev–Trinajstić information content (AvgIpc) is 2.36. The summed E-state index contributed by atoms with van der Waals surface area (Å²) in [7, 11) is 1.59. The number of hydrogen-bond donors (Lipinski definition) is 1. The van der Waals surface area contributed by atoms with Crippen LogP contribution in [0, 0.1) is 17.2 Å². The summed E-state index contributed by atoms with van der Waals surface area (Å²) in [4.78, 5) is 11.9. The lowest BCUT2D eigenvalue weighted by molar-refractivity contribution is -0.126. The number of ether oxygens (including phenoxy) is 1. The molecule has 1 atom stereocenters. The molecule has 0 aliphatic heterocycles. The zero-order valence-electron chi connectivity index (χ0n) is 11.7. The van der Waals surface area contributed by atoms with Gasteiger partial charge < -0.3 is 10.1 Å². The molecule has 0 bridgehead atoms. The van der Waals surface area contributed by atoms with Crippen LogP contribution in [-0.4, -0.2) is 24.7 Å². The van der Waals surface area contributed by atoms with Crippen molar-refractivity contribution in [1.29, 1.82) is 5.26 Å². The fourth-order valence-electron chi connectivity index (χ4n) is 2.41. The quantitative estimate of drug-likeness (QED) is 0.817. The monoisotopic (exact) mass is 252 g/mol. The van der Waals surface area contributed by atoms with Crippen molar-refractivity contribution in [2.75, 3.05) is 7.11 Å². The Labute approximate surface area is 110 Å². The van der Waals surface area contributed by atoms with Gasteiger partial charge in [0.25, 0.3) is 0 Å². The highest BCUT2D eigenvalue weighted by Gasteiger charge is 2.27. The minimum Gasteiger partial charge on any atom is -0.378 e. The van der Waals surface area contributed by atoms with Crippen LogP contribution >= 0.6 is 0 Å². The first kappa shape index (κ1) is 15.0. The van der Waals surface area contributed by atoms with Crippen molar-refractivity contribution >= 4 is 5.91 Å². The van der Waals surface area contributed by atoms with Gasteiger partial charge in [0.15, 0.2) is 0 Å². The Morgan fingerprint density at radius 1 is 1.44 bits per heavy atom. The molecule has 0 saturated heterocycles. The molecule has 1 unspecified atom stereocenters. The Balaban J connectivity index is 2.48. The highest BCUT2D eigenvalue weighted by atomic mass is 16.5. The van der Waals surface area contributed by atoms with Crippen LogP contribution in [0.25, 0.3) is 0 Å². The van der Waals surface area contributed by atoms with Crippen LogP contribution in [0.1, 0.15) is 52.4 Å². The van der Waals surface area contributed by atoms with Gasteiger partial charge in [-0.1, -0.05) is 19.3 Å². The first-order valence-corrected chi connectivity index (χ1v) is 6.72. The molecule has 1 aliphatic carbocycles. The number of nitrogens with one attached hydrogen (secondary N) is 1. The van der Waals surface area contributed by atoms with E-state index in [1.807, 2.05) is 13.8 Å². The maximum Gasteiger partial charge on any atom is 0.223 e. The topological polar surface area (TPSA) is 62.1 Å². The normalized spacial score (nSPS) is 19.0. The molecule has 4 nitrogen and oxygen atoms in total. The number of methoxy groups -OCH3 is 1. The maximum absolute atomic E-state index is 11.9. The highest BCUT2D eigenvalue weighted by molar-refractivity contribution is 5.77. The second-order valence-corrected chi connectivity index (χ2v) is 5.71. The number of amides is 1. The maximum atomic E-state index is 11.9. The molecule has 1 N–H and O–H groups in total. The fourth-order valence-corrected chi connectivity index (χ4v) is 2.41. The van der Waals surface area contributed by atoms with Crippen LogP contribution in [0.15, 0.2) is 0 Å².